The summed E-state index contributed by atoms with van der Waals surface area (Å²) in [5, 5.41) is 9.69. The lowest BCUT2D eigenvalue weighted by molar-refractivity contribution is -0.159. The summed E-state index contributed by atoms with van der Waals surface area (Å²) in [6.07, 6.45) is 2.57. The van der Waals surface area contributed by atoms with E-state index in [0.29, 0.717) is 5.75 Å². The zero-order valence-corrected chi connectivity index (χ0v) is 14.3. The van der Waals surface area contributed by atoms with E-state index in [0.717, 1.165) is 11.8 Å². The van der Waals surface area contributed by atoms with E-state index >= 15 is 0 Å². The molecule has 26 heavy (non-hydrogen) atoms. The summed E-state index contributed by atoms with van der Waals surface area (Å²) in [6.45, 7) is 2.26. The maximum atomic E-state index is 13.8. The summed E-state index contributed by atoms with van der Waals surface area (Å²) in [5.74, 6) is -1.76. The summed E-state index contributed by atoms with van der Waals surface area (Å²) in [7, 11) is 0. The Labute approximate surface area is 150 Å². The van der Waals surface area contributed by atoms with Gasteiger partial charge in [0.1, 0.15) is 5.75 Å². The van der Waals surface area contributed by atoms with Crippen molar-refractivity contribution in [1.29, 1.82) is 0 Å². The molecule has 0 aliphatic carbocycles. The molecule has 0 atom stereocenters. The van der Waals surface area contributed by atoms with Gasteiger partial charge >= 0.3 is 5.97 Å². The van der Waals surface area contributed by atoms with Crippen LogP contribution in [0.5, 0.6) is 5.75 Å². The summed E-state index contributed by atoms with van der Waals surface area (Å²) in [5.41, 5.74) is -0.424. The average Bonchev–Trinajstić information content (AvgIpc) is 2.64. The molecule has 0 spiro atoms. The summed E-state index contributed by atoms with van der Waals surface area (Å²) in [4.78, 5) is 29.4. The Balaban J connectivity index is 1.73. The number of benzene rings is 1. The van der Waals surface area contributed by atoms with Crippen LogP contribution < -0.4 is 4.74 Å². The summed E-state index contributed by atoms with van der Waals surface area (Å²) >= 11 is 0. The van der Waals surface area contributed by atoms with Crippen molar-refractivity contribution in [3.63, 3.8) is 0 Å². The van der Waals surface area contributed by atoms with Gasteiger partial charge in [0.2, 0.25) is 5.60 Å². The molecule has 0 unspecified atom stereocenters. The Hall–Kier alpha value is -2.96. The van der Waals surface area contributed by atoms with Crippen LogP contribution >= 0.6 is 0 Å². The molecule has 7 heteroatoms. The molecule has 1 aliphatic heterocycles. The number of carboxylic acid groups (broad SMARTS) is 1. The van der Waals surface area contributed by atoms with Crippen LogP contribution in [0.25, 0.3) is 0 Å². The van der Waals surface area contributed by atoms with Gasteiger partial charge in [-0.1, -0.05) is 17.7 Å². The highest BCUT2D eigenvalue weighted by Gasteiger charge is 2.45. The van der Waals surface area contributed by atoms with Crippen LogP contribution in [-0.4, -0.2) is 45.6 Å². The number of hydrogen-bond acceptors (Lipinski definition) is 4. The number of aromatic nitrogens is 1. The fourth-order valence-electron chi connectivity index (χ4n) is 2.98. The van der Waals surface area contributed by atoms with Gasteiger partial charge in [-0.05, 0) is 25.1 Å². The van der Waals surface area contributed by atoms with Crippen molar-refractivity contribution in [2.24, 2.45) is 0 Å². The van der Waals surface area contributed by atoms with Crippen LogP contribution in [0, 0.1) is 12.7 Å². The predicted molar refractivity (Wildman–Crippen MR) is 91.5 cm³/mol. The molecule has 6 nitrogen and oxygen atoms in total. The smallest absolute Gasteiger partial charge is 0.348 e. The number of ether oxygens (including phenoxy) is 1. The molecular weight excluding hydrogens is 339 g/mol. The molecular formula is C19H19FN2O4. The van der Waals surface area contributed by atoms with E-state index in [9.17, 15) is 19.1 Å². The zero-order chi connectivity index (χ0) is 18.7. The third-order valence-electron chi connectivity index (χ3n) is 4.59. The third-order valence-corrected chi connectivity index (χ3v) is 4.59. The number of nitrogens with zero attached hydrogens (tertiary/aromatic N) is 2. The minimum atomic E-state index is -1.40. The summed E-state index contributed by atoms with van der Waals surface area (Å²) in [6, 6.07) is 8.46. The molecule has 2 aromatic rings. The average molecular weight is 358 g/mol. The number of amides is 1. The first kappa shape index (κ1) is 17.8. The quantitative estimate of drug-likeness (QED) is 0.909. The number of carbonyl (C=O) groups excluding carboxylic acids is 1. The Morgan fingerprint density at radius 2 is 1.85 bits per heavy atom. The molecule has 1 N–H and O–H groups in total. The van der Waals surface area contributed by atoms with Gasteiger partial charge in [-0.15, -0.1) is 0 Å². The van der Waals surface area contributed by atoms with Crippen LogP contribution in [0.4, 0.5) is 4.39 Å². The van der Waals surface area contributed by atoms with Gasteiger partial charge in [0.05, 0.1) is 11.8 Å². The van der Waals surface area contributed by atoms with Gasteiger partial charge < -0.3 is 14.7 Å². The standard InChI is InChI=1S/C19H19FN2O4/c1-13-2-4-14(5-3-13)26-19(18(24)25)7-10-22(11-8-19)17(23)15-6-9-21-12-16(15)20/h2-6,9,12H,7-8,10-11H2,1H3,(H,24,25). The van der Waals surface area contributed by atoms with E-state index < -0.39 is 23.3 Å². The van der Waals surface area contributed by atoms with Gasteiger partial charge in [0, 0.05) is 32.1 Å². The Kier molecular flexibility index (Phi) is 4.88. The maximum Gasteiger partial charge on any atom is 0.348 e. The lowest BCUT2D eigenvalue weighted by atomic mass is 9.90. The number of pyridine rings is 1. The molecule has 136 valence electrons. The van der Waals surface area contributed by atoms with E-state index in [1.165, 1.54) is 17.2 Å². The molecule has 0 saturated carbocycles. The number of likely N-dealkylation sites (tertiary alicyclic amines) is 1. The Bertz CT molecular complexity index is 815. The fourth-order valence-corrected chi connectivity index (χ4v) is 2.98. The topological polar surface area (TPSA) is 79.7 Å². The van der Waals surface area contributed by atoms with E-state index in [2.05, 4.69) is 4.98 Å². The van der Waals surface area contributed by atoms with E-state index in [-0.39, 0.29) is 31.5 Å². The largest absolute Gasteiger partial charge is 0.478 e. The normalized spacial score (nSPS) is 16.2. The molecule has 3 rings (SSSR count). The highest BCUT2D eigenvalue weighted by atomic mass is 19.1. The number of piperidine rings is 1. The van der Waals surface area contributed by atoms with Gasteiger partial charge in [0.15, 0.2) is 5.82 Å². The van der Waals surface area contributed by atoms with Crippen molar-refractivity contribution >= 4 is 11.9 Å². The number of halogens is 1. The fraction of sp³-hybridized carbons (Fsp3) is 0.316. The van der Waals surface area contributed by atoms with Crippen molar-refractivity contribution in [1.82, 2.24) is 9.88 Å². The number of rotatable bonds is 4. The first-order chi connectivity index (χ1) is 12.4. The second-order valence-corrected chi connectivity index (χ2v) is 6.36. The lowest BCUT2D eigenvalue weighted by Crippen LogP contribution is -2.54. The highest BCUT2D eigenvalue weighted by Crippen LogP contribution is 2.30. The minimum absolute atomic E-state index is 0.0673. The molecule has 1 aliphatic rings. The van der Waals surface area contributed by atoms with E-state index in [1.54, 1.807) is 12.1 Å². The van der Waals surface area contributed by atoms with Crippen LogP contribution in [0.15, 0.2) is 42.7 Å². The molecule has 1 aromatic heterocycles. The number of carbonyl (C=O) groups is 2. The maximum absolute atomic E-state index is 13.8. The number of hydrogen-bond donors (Lipinski definition) is 1. The predicted octanol–water partition coefficient (Wildman–Crippen LogP) is 2.67. The Morgan fingerprint density at radius 3 is 2.42 bits per heavy atom. The van der Waals surface area contributed by atoms with Crippen molar-refractivity contribution in [2.45, 2.75) is 25.4 Å². The third kappa shape index (κ3) is 3.51. The monoisotopic (exact) mass is 358 g/mol. The molecule has 2 heterocycles. The molecule has 1 saturated heterocycles. The van der Waals surface area contributed by atoms with Gasteiger partial charge in [-0.2, -0.15) is 0 Å². The second kappa shape index (κ2) is 7.11. The van der Waals surface area contributed by atoms with Crippen molar-refractivity contribution < 1.29 is 23.8 Å². The second-order valence-electron chi connectivity index (χ2n) is 6.36. The SMILES string of the molecule is Cc1ccc(OC2(C(=O)O)CCN(C(=O)c3ccncc3F)CC2)cc1. The lowest BCUT2D eigenvalue weighted by Gasteiger charge is -2.38. The highest BCUT2D eigenvalue weighted by molar-refractivity contribution is 5.94. The summed E-state index contributed by atoms with van der Waals surface area (Å²) < 4.78 is 19.6. The van der Waals surface area contributed by atoms with Crippen LogP contribution in [0.1, 0.15) is 28.8 Å². The van der Waals surface area contributed by atoms with Crippen LogP contribution in [-0.2, 0) is 4.79 Å². The first-order valence-electron chi connectivity index (χ1n) is 8.29. The number of carboxylic acids is 1. The van der Waals surface area contributed by atoms with Crippen LogP contribution in [0.2, 0.25) is 0 Å². The van der Waals surface area contributed by atoms with E-state index in [4.69, 9.17) is 4.74 Å². The number of aryl methyl sites for hydroxylation is 1. The molecule has 0 radical (unpaired) electrons. The van der Waals surface area contributed by atoms with E-state index in [1.807, 2.05) is 19.1 Å². The van der Waals surface area contributed by atoms with Crippen LogP contribution in [0.3, 0.4) is 0 Å². The molecule has 1 aromatic carbocycles. The van der Waals surface area contributed by atoms with Crippen molar-refractivity contribution in [2.75, 3.05) is 13.1 Å². The molecule has 1 amide bonds. The zero-order valence-electron chi connectivity index (χ0n) is 14.3. The Morgan fingerprint density at radius 1 is 1.19 bits per heavy atom. The first-order valence-corrected chi connectivity index (χ1v) is 8.29. The number of aliphatic carboxylic acids is 1. The molecule has 1 fully saturated rings. The van der Waals surface area contributed by atoms with Gasteiger partial charge in [-0.25, -0.2) is 9.18 Å². The van der Waals surface area contributed by atoms with Crippen molar-refractivity contribution in [3.05, 3.63) is 59.7 Å². The van der Waals surface area contributed by atoms with Gasteiger partial charge in [-0.3, -0.25) is 9.78 Å². The van der Waals surface area contributed by atoms with Crippen molar-refractivity contribution in [3.8, 4) is 5.75 Å². The molecule has 0 bridgehead atoms. The minimum Gasteiger partial charge on any atom is -0.478 e. The van der Waals surface area contributed by atoms with Gasteiger partial charge in [0.25, 0.3) is 5.91 Å².